The number of likely N-dealkylation sites (N-methyl/N-ethyl adjacent to an activating group) is 1. The molecule has 0 aromatic carbocycles. The first kappa shape index (κ1) is 11.5. The third-order valence-corrected chi connectivity index (χ3v) is 3.09. The van der Waals surface area contributed by atoms with Crippen LogP contribution in [-0.4, -0.2) is 25.0 Å². The van der Waals surface area contributed by atoms with E-state index >= 15 is 0 Å². The van der Waals surface area contributed by atoms with E-state index in [9.17, 15) is 4.79 Å². The van der Waals surface area contributed by atoms with Gasteiger partial charge in [0.1, 0.15) is 0 Å². The molecule has 0 radical (unpaired) electrons. The second-order valence-electron chi connectivity index (χ2n) is 4.44. The number of nitrogens with one attached hydrogen (secondary N) is 2. The summed E-state index contributed by atoms with van der Waals surface area (Å²) in [5, 5.41) is 5.97. The average molecular weight is 198 g/mol. The minimum absolute atomic E-state index is 0.0740. The molecule has 1 saturated carbocycles. The standard InChI is InChI=1S/C11H22N2O/c1-8(7-10-5-4-6-10)13-9(2)11(14)12-3/h8-10,13H,4-7H2,1-3H3,(H,12,14). The quantitative estimate of drug-likeness (QED) is 0.699. The van der Waals surface area contributed by atoms with Crippen molar-refractivity contribution in [1.82, 2.24) is 10.6 Å². The second kappa shape index (κ2) is 5.35. The van der Waals surface area contributed by atoms with E-state index in [1.54, 1.807) is 7.05 Å². The van der Waals surface area contributed by atoms with Crippen molar-refractivity contribution >= 4 is 5.91 Å². The lowest BCUT2D eigenvalue weighted by Gasteiger charge is -2.29. The Morgan fingerprint density at radius 2 is 2.07 bits per heavy atom. The van der Waals surface area contributed by atoms with Crippen LogP contribution in [0.5, 0.6) is 0 Å². The van der Waals surface area contributed by atoms with E-state index < -0.39 is 0 Å². The summed E-state index contributed by atoms with van der Waals surface area (Å²) in [5.74, 6) is 0.972. The van der Waals surface area contributed by atoms with Gasteiger partial charge in [-0.3, -0.25) is 4.79 Å². The van der Waals surface area contributed by atoms with Crippen LogP contribution >= 0.6 is 0 Å². The molecule has 1 fully saturated rings. The van der Waals surface area contributed by atoms with Crippen LogP contribution < -0.4 is 10.6 Å². The van der Waals surface area contributed by atoms with Gasteiger partial charge in [-0.2, -0.15) is 0 Å². The van der Waals surface area contributed by atoms with Gasteiger partial charge in [0.25, 0.3) is 0 Å². The predicted octanol–water partition coefficient (Wildman–Crippen LogP) is 1.29. The Balaban J connectivity index is 2.17. The van der Waals surface area contributed by atoms with Gasteiger partial charge in [-0.15, -0.1) is 0 Å². The molecule has 14 heavy (non-hydrogen) atoms. The Morgan fingerprint density at radius 1 is 1.43 bits per heavy atom. The summed E-state index contributed by atoms with van der Waals surface area (Å²) in [7, 11) is 1.68. The van der Waals surface area contributed by atoms with Crippen molar-refractivity contribution in [3.63, 3.8) is 0 Å². The van der Waals surface area contributed by atoms with E-state index in [4.69, 9.17) is 0 Å². The van der Waals surface area contributed by atoms with Crippen molar-refractivity contribution in [3.8, 4) is 0 Å². The number of hydrogen-bond acceptors (Lipinski definition) is 2. The number of hydrogen-bond donors (Lipinski definition) is 2. The lowest BCUT2D eigenvalue weighted by molar-refractivity contribution is -0.122. The monoisotopic (exact) mass is 198 g/mol. The molecule has 1 amide bonds. The van der Waals surface area contributed by atoms with E-state index in [1.807, 2.05) is 6.92 Å². The second-order valence-corrected chi connectivity index (χ2v) is 4.44. The van der Waals surface area contributed by atoms with Gasteiger partial charge >= 0.3 is 0 Å². The Labute approximate surface area is 86.6 Å². The van der Waals surface area contributed by atoms with Crippen molar-refractivity contribution in [1.29, 1.82) is 0 Å². The predicted molar refractivity (Wildman–Crippen MR) is 58.1 cm³/mol. The fourth-order valence-corrected chi connectivity index (χ4v) is 2.02. The summed E-state index contributed by atoms with van der Waals surface area (Å²) in [6.07, 6.45) is 5.35. The molecule has 2 atom stereocenters. The molecular formula is C11H22N2O. The van der Waals surface area contributed by atoms with E-state index in [1.165, 1.54) is 25.7 Å². The molecule has 82 valence electrons. The van der Waals surface area contributed by atoms with E-state index in [0.717, 1.165) is 5.92 Å². The largest absolute Gasteiger partial charge is 0.358 e. The Bertz CT molecular complexity index is 190. The molecular weight excluding hydrogens is 176 g/mol. The zero-order valence-electron chi connectivity index (χ0n) is 9.47. The zero-order chi connectivity index (χ0) is 10.6. The maximum Gasteiger partial charge on any atom is 0.236 e. The van der Waals surface area contributed by atoms with Gasteiger partial charge in [0.2, 0.25) is 5.91 Å². The molecule has 0 bridgehead atoms. The highest BCUT2D eigenvalue weighted by Crippen LogP contribution is 2.30. The highest BCUT2D eigenvalue weighted by molar-refractivity contribution is 5.80. The number of carbonyl (C=O) groups excluding carboxylic acids is 1. The summed E-state index contributed by atoms with van der Waals surface area (Å²) in [6.45, 7) is 4.08. The molecule has 2 unspecified atom stereocenters. The van der Waals surface area contributed by atoms with E-state index in [-0.39, 0.29) is 11.9 Å². The van der Waals surface area contributed by atoms with Gasteiger partial charge in [-0.1, -0.05) is 19.3 Å². The van der Waals surface area contributed by atoms with Gasteiger partial charge in [0.15, 0.2) is 0 Å². The molecule has 0 aromatic rings. The number of amides is 1. The fourth-order valence-electron chi connectivity index (χ4n) is 2.02. The summed E-state index contributed by atoms with van der Waals surface area (Å²) in [5.41, 5.74) is 0. The van der Waals surface area contributed by atoms with Crippen LogP contribution in [0.25, 0.3) is 0 Å². The van der Waals surface area contributed by atoms with Gasteiger partial charge in [0, 0.05) is 13.1 Å². The molecule has 1 aliphatic carbocycles. The first-order valence-corrected chi connectivity index (χ1v) is 5.61. The maximum absolute atomic E-state index is 11.2. The number of carbonyl (C=O) groups is 1. The Morgan fingerprint density at radius 3 is 2.50 bits per heavy atom. The molecule has 0 aromatic heterocycles. The van der Waals surface area contributed by atoms with Crippen LogP contribution in [0.2, 0.25) is 0 Å². The van der Waals surface area contributed by atoms with Gasteiger partial charge in [-0.25, -0.2) is 0 Å². The first-order valence-electron chi connectivity index (χ1n) is 5.61. The summed E-state index contributed by atoms with van der Waals surface area (Å²) in [4.78, 5) is 11.2. The fraction of sp³-hybridized carbons (Fsp3) is 0.909. The van der Waals surface area contributed by atoms with Crippen LogP contribution in [0.1, 0.15) is 39.5 Å². The third kappa shape index (κ3) is 3.29. The average Bonchev–Trinajstić information content (AvgIpc) is 2.10. The molecule has 3 heteroatoms. The van der Waals surface area contributed by atoms with Crippen molar-refractivity contribution < 1.29 is 4.79 Å². The third-order valence-electron chi connectivity index (χ3n) is 3.09. The summed E-state index contributed by atoms with van der Waals surface area (Å²) in [6, 6.07) is 0.377. The molecule has 0 aliphatic heterocycles. The van der Waals surface area contributed by atoms with Crippen LogP contribution in [0.4, 0.5) is 0 Å². The maximum atomic E-state index is 11.2. The molecule has 0 spiro atoms. The molecule has 0 saturated heterocycles. The Kier molecular flexibility index (Phi) is 4.39. The number of rotatable bonds is 5. The molecule has 2 N–H and O–H groups in total. The normalized spacial score (nSPS) is 21.1. The lowest BCUT2D eigenvalue weighted by Crippen LogP contribution is -2.45. The van der Waals surface area contributed by atoms with Crippen LogP contribution in [-0.2, 0) is 4.79 Å². The minimum Gasteiger partial charge on any atom is -0.358 e. The summed E-state index contributed by atoms with van der Waals surface area (Å²) >= 11 is 0. The first-order chi connectivity index (χ1) is 6.63. The van der Waals surface area contributed by atoms with Gasteiger partial charge < -0.3 is 10.6 Å². The molecule has 1 aliphatic rings. The van der Waals surface area contributed by atoms with Crippen molar-refractivity contribution in [2.45, 2.75) is 51.6 Å². The molecule has 0 heterocycles. The van der Waals surface area contributed by atoms with E-state index in [0.29, 0.717) is 6.04 Å². The van der Waals surface area contributed by atoms with Crippen molar-refractivity contribution in [2.24, 2.45) is 5.92 Å². The topological polar surface area (TPSA) is 41.1 Å². The van der Waals surface area contributed by atoms with Gasteiger partial charge in [0.05, 0.1) is 6.04 Å². The van der Waals surface area contributed by atoms with Crippen LogP contribution in [0.15, 0.2) is 0 Å². The highest BCUT2D eigenvalue weighted by atomic mass is 16.2. The smallest absolute Gasteiger partial charge is 0.236 e. The lowest BCUT2D eigenvalue weighted by atomic mass is 9.81. The zero-order valence-corrected chi connectivity index (χ0v) is 9.47. The molecule has 1 rings (SSSR count). The SMILES string of the molecule is CNC(=O)C(C)NC(C)CC1CCC1. The van der Waals surface area contributed by atoms with Gasteiger partial charge in [-0.05, 0) is 26.2 Å². The van der Waals surface area contributed by atoms with Crippen LogP contribution in [0, 0.1) is 5.92 Å². The highest BCUT2D eigenvalue weighted by Gasteiger charge is 2.21. The Hall–Kier alpha value is -0.570. The summed E-state index contributed by atoms with van der Waals surface area (Å²) < 4.78 is 0. The van der Waals surface area contributed by atoms with Crippen molar-refractivity contribution in [3.05, 3.63) is 0 Å². The minimum atomic E-state index is -0.0740. The van der Waals surface area contributed by atoms with Crippen molar-refractivity contribution in [2.75, 3.05) is 7.05 Å². The van der Waals surface area contributed by atoms with E-state index in [2.05, 4.69) is 17.6 Å². The van der Waals surface area contributed by atoms with Crippen LogP contribution in [0.3, 0.4) is 0 Å². The molecule has 3 nitrogen and oxygen atoms in total.